The van der Waals surface area contributed by atoms with Crippen LogP contribution in [0.3, 0.4) is 0 Å². The summed E-state index contributed by atoms with van der Waals surface area (Å²) in [7, 11) is -6.49. The normalized spacial score (nSPS) is 19.3. The Balaban J connectivity index is 1.80. The lowest BCUT2D eigenvalue weighted by Crippen LogP contribution is -2.39. The van der Waals surface area contributed by atoms with Crippen LogP contribution in [0.4, 0.5) is 0 Å². The largest absolute Gasteiger partial charge is 0.469 e. The first-order valence-electron chi connectivity index (χ1n) is 10.8. The highest BCUT2D eigenvalue weighted by Gasteiger charge is 2.40. The number of ether oxygens (including phenoxy) is 1. The summed E-state index contributed by atoms with van der Waals surface area (Å²) in [5, 5.41) is 0.809. The van der Waals surface area contributed by atoms with E-state index in [-0.39, 0.29) is 35.1 Å². The van der Waals surface area contributed by atoms with Gasteiger partial charge in [-0.25, -0.2) is 21.6 Å². The monoisotopic (exact) mass is 560 g/mol. The summed E-state index contributed by atoms with van der Waals surface area (Å²) in [4.78, 5) is 11.4. The summed E-state index contributed by atoms with van der Waals surface area (Å²) in [5.74, 6) is -0.317. The highest BCUT2D eigenvalue weighted by molar-refractivity contribution is 7.89. The lowest BCUT2D eigenvalue weighted by molar-refractivity contribution is -0.140. The molecule has 2 aromatic rings. The van der Waals surface area contributed by atoms with Gasteiger partial charge in [-0.05, 0) is 67.8 Å². The van der Waals surface area contributed by atoms with Gasteiger partial charge in [0.2, 0.25) is 20.0 Å². The van der Waals surface area contributed by atoms with Gasteiger partial charge < -0.3 is 4.74 Å². The van der Waals surface area contributed by atoms with Crippen molar-refractivity contribution in [2.24, 2.45) is 0 Å². The molecular weight excluding hydrogens is 535 g/mol. The fourth-order valence-corrected chi connectivity index (χ4v) is 6.87. The minimum Gasteiger partial charge on any atom is -0.469 e. The number of rotatable bonds is 10. The molecule has 35 heavy (non-hydrogen) atoms. The van der Waals surface area contributed by atoms with E-state index in [1.165, 1.54) is 59.9 Å². The maximum atomic E-state index is 13.4. The first-order valence-corrected chi connectivity index (χ1v) is 14.5. The van der Waals surface area contributed by atoms with Crippen LogP contribution in [-0.4, -0.2) is 52.8 Å². The molecule has 0 bridgehead atoms. The Kier molecular flexibility index (Phi) is 9.36. The van der Waals surface area contributed by atoms with E-state index in [0.717, 1.165) is 0 Å². The van der Waals surface area contributed by atoms with Gasteiger partial charge >= 0.3 is 5.97 Å². The average molecular weight is 562 g/mol. The number of nitrogens with zero attached hydrogens (tertiary/aromatic N) is 1. The molecule has 1 heterocycles. The molecule has 1 N–H and O–H groups in total. The van der Waals surface area contributed by atoms with Crippen LogP contribution in [0.25, 0.3) is 0 Å². The number of esters is 1. The molecule has 1 aliphatic rings. The summed E-state index contributed by atoms with van der Waals surface area (Å²) < 4.78 is 61.0. The van der Waals surface area contributed by atoms with Gasteiger partial charge in [0.05, 0.1) is 16.9 Å². The number of carbonyl (C=O) groups excluding carboxylic acids is 1. The number of unbranched alkanes of at least 4 members (excludes halogenated alkanes) is 1. The Morgan fingerprint density at radius 1 is 1.03 bits per heavy atom. The lowest BCUT2D eigenvalue weighted by Gasteiger charge is -2.22. The van der Waals surface area contributed by atoms with E-state index in [2.05, 4.69) is 9.46 Å². The topological polar surface area (TPSA) is 110 Å². The number of allylic oxidation sites excluding steroid dienone is 1. The van der Waals surface area contributed by atoms with E-state index >= 15 is 0 Å². The molecule has 0 radical (unpaired) electrons. The van der Waals surface area contributed by atoms with Gasteiger partial charge in [0.15, 0.2) is 0 Å². The number of hydrogen-bond donors (Lipinski definition) is 1. The predicted octanol–water partition coefficient (Wildman–Crippen LogP) is 4.00. The summed E-state index contributed by atoms with van der Waals surface area (Å²) in [6.07, 6.45) is 5.12. The van der Waals surface area contributed by atoms with Crippen LogP contribution in [0, 0.1) is 0 Å². The Hall–Kier alpha value is -1.95. The van der Waals surface area contributed by atoms with Crippen LogP contribution in [0.15, 0.2) is 70.5 Å². The second kappa shape index (κ2) is 11.9. The van der Waals surface area contributed by atoms with Gasteiger partial charge in [-0.2, -0.15) is 4.31 Å². The number of methoxy groups -OCH3 is 1. The fourth-order valence-electron chi connectivity index (χ4n) is 3.74. The molecule has 1 aliphatic heterocycles. The zero-order valence-corrected chi connectivity index (χ0v) is 22.1. The molecule has 1 fully saturated rings. The summed E-state index contributed by atoms with van der Waals surface area (Å²) in [6, 6.07) is 10.3. The average Bonchev–Trinajstić information content (AvgIpc) is 3.21. The van der Waals surface area contributed by atoms with Crippen LogP contribution < -0.4 is 4.72 Å². The third kappa shape index (κ3) is 7.28. The van der Waals surface area contributed by atoms with E-state index in [1.54, 1.807) is 12.2 Å². The fraction of sp³-hybridized carbons (Fsp3) is 0.348. The van der Waals surface area contributed by atoms with Gasteiger partial charge in [-0.1, -0.05) is 35.4 Å². The van der Waals surface area contributed by atoms with Crippen molar-refractivity contribution in [1.29, 1.82) is 0 Å². The number of carbonyl (C=O) groups is 1. The first-order chi connectivity index (χ1) is 16.5. The maximum absolute atomic E-state index is 13.4. The molecule has 0 aromatic heterocycles. The van der Waals surface area contributed by atoms with Crippen molar-refractivity contribution in [3.8, 4) is 0 Å². The smallest absolute Gasteiger partial charge is 0.305 e. The maximum Gasteiger partial charge on any atom is 0.305 e. The minimum atomic E-state index is -3.93. The van der Waals surface area contributed by atoms with Crippen LogP contribution in [0.5, 0.6) is 0 Å². The molecular formula is C23H26Cl2N2O6S2. The molecule has 0 aliphatic carbocycles. The molecule has 8 nitrogen and oxygen atoms in total. The van der Waals surface area contributed by atoms with Crippen molar-refractivity contribution in [1.82, 2.24) is 9.03 Å². The molecule has 3 rings (SSSR count). The molecule has 190 valence electrons. The van der Waals surface area contributed by atoms with Crippen LogP contribution in [0.2, 0.25) is 10.0 Å². The molecule has 12 heteroatoms. The second-order valence-corrected chi connectivity index (χ2v) is 12.5. The Bertz CT molecular complexity index is 1260. The van der Waals surface area contributed by atoms with Gasteiger partial charge in [-0.3, -0.25) is 4.79 Å². The Labute approximate surface area is 216 Å². The van der Waals surface area contributed by atoms with Crippen molar-refractivity contribution in [2.75, 3.05) is 13.7 Å². The zero-order valence-electron chi connectivity index (χ0n) is 18.9. The van der Waals surface area contributed by atoms with E-state index < -0.39 is 32.1 Å². The van der Waals surface area contributed by atoms with Crippen LogP contribution >= 0.6 is 23.2 Å². The van der Waals surface area contributed by atoms with Gasteiger partial charge in [-0.15, -0.1) is 0 Å². The van der Waals surface area contributed by atoms with Gasteiger partial charge in [0.25, 0.3) is 0 Å². The van der Waals surface area contributed by atoms with E-state index in [9.17, 15) is 21.6 Å². The van der Waals surface area contributed by atoms with E-state index in [0.29, 0.717) is 22.9 Å². The zero-order chi connectivity index (χ0) is 25.6. The quantitative estimate of drug-likeness (QED) is 0.267. The molecule has 2 aromatic carbocycles. The molecule has 0 spiro atoms. The molecule has 0 amide bonds. The van der Waals surface area contributed by atoms with Crippen molar-refractivity contribution in [3.05, 3.63) is 70.7 Å². The number of hydrogen-bond acceptors (Lipinski definition) is 6. The lowest BCUT2D eigenvalue weighted by atomic mass is 10.1. The molecule has 0 saturated carbocycles. The van der Waals surface area contributed by atoms with Crippen molar-refractivity contribution in [2.45, 2.75) is 47.6 Å². The summed E-state index contributed by atoms with van der Waals surface area (Å²) >= 11 is 11.8. The highest BCUT2D eigenvalue weighted by Crippen LogP contribution is 2.29. The Morgan fingerprint density at radius 3 is 2.17 bits per heavy atom. The van der Waals surface area contributed by atoms with E-state index in [1.807, 2.05) is 0 Å². The minimum absolute atomic E-state index is 0.0378. The van der Waals surface area contributed by atoms with Crippen molar-refractivity contribution < 1.29 is 26.4 Å². The third-order valence-electron chi connectivity index (χ3n) is 5.50. The number of halogens is 2. The summed E-state index contributed by atoms with van der Waals surface area (Å²) in [5.41, 5.74) is 0. The first kappa shape index (κ1) is 27.6. The molecule has 0 unspecified atom stereocenters. The van der Waals surface area contributed by atoms with Crippen LogP contribution in [-0.2, 0) is 29.6 Å². The van der Waals surface area contributed by atoms with Gasteiger partial charge in [0, 0.05) is 35.1 Å². The number of nitrogens with one attached hydrogen (secondary N) is 1. The van der Waals surface area contributed by atoms with Crippen molar-refractivity contribution >= 4 is 49.2 Å². The predicted molar refractivity (Wildman–Crippen MR) is 134 cm³/mol. The van der Waals surface area contributed by atoms with E-state index in [4.69, 9.17) is 23.2 Å². The third-order valence-corrected chi connectivity index (χ3v) is 9.45. The second-order valence-electron chi connectivity index (χ2n) is 8.00. The van der Waals surface area contributed by atoms with Gasteiger partial charge in [0.1, 0.15) is 0 Å². The Morgan fingerprint density at radius 2 is 1.60 bits per heavy atom. The molecule has 1 saturated heterocycles. The summed E-state index contributed by atoms with van der Waals surface area (Å²) in [6.45, 7) is -0.0467. The van der Waals surface area contributed by atoms with Crippen molar-refractivity contribution in [3.63, 3.8) is 0 Å². The number of sulfonamides is 2. The number of benzene rings is 2. The molecule has 2 atom stereocenters. The van der Waals surface area contributed by atoms with Crippen LogP contribution in [0.1, 0.15) is 25.7 Å². The standard InChI is InChI=1S/C23H26Cl2N2O6S2/c1-33-23(28)6-4-2-3-5-20-15-19(26-34(29,30)21-11-7-17(24)8-12-21)16-27(20)35(31,32)22-13-9-18(25)10-14-22/h3,5,7-14,19-20,26H,2,4,6,15-16H2,1H3/b5-3-/t19-,20-/m1/s1. The SMILES string of the molecule is COC(=O)CCC/C=C\[C@@H]1C[C@@H](NS(=O)(=O)c2ccc(Cl)cc2)CN1S(=O)(=O)c1ccc(Cl)cc1. The highest BCUT2D eigenvalue weighted by atomic mass is 35.5.